The van der Waals surface area contributed by atoms with Gasteiger partial charge in [-0.1, -0.05) is 36.4 Å². The predicted molar refractivity (Wildman–Crippen MR) is 131 cm³/mol. The Bertz CT molecular complexity index is 1340. The highest BCUT2D eigenvalue weighted by molar-refractivity contribution is 6.46. The number of imide groups is 1. The molecule has 0 aliphatic carbocycles. The molecule has 0 fully saturated rings. The van der Waals surface area contributed by atoms with Crippen molar-refractivity contribution in [3.8, 4) is 5.75 Å². The molecule has 7 heteroatoms. The van der Waals surface area contributed by atoms with E-state index in [9.17, 15) is 14.4 Å². The standard InChI is InChI=1S/C27H23N3O4/c1-17(31)28-20-12-10-19(11-13-20)24-25(29-15-14-18-6-3-4-9-23(18)29)27(33)30(26(24)32)21-7-5-8-22(16-21)34-2/h3-13,16H,14-15H2,1-2H3,(H,28,31). The van der Waals surface area contributed by atoms with Crippen LogP contribution in [0.2, 0.25) is 0 Å². The van der Waals surface area contributed by atoms with Gasteiger partial charge in [0.1, 0.15) is 11.4 Å². The van der Waals surface area contributed by atoms with Crippen molar-refractivity contribution in [3.63, 3.8) is 0 Å². The first-order chi connectivity index (χ1) is 16.5. The third kappa shape index (κ3) is 3.61. The van der Waals surface area contributed by atoms with Gasteiger partial charge in [-0.05, 0) is 47.9 Å². The number of amides is 3. The van der Waals surface area contributed by atoms with Gasteiger partial charge in [0.2, 0.25) is 5.91 Å². The van der Waals surface area contributed by atoms with Gasteiger partial charge in [-0.3, -0.25) is 14.4 Å². The van der Waals surface area contributed by atoms with Crippen LogP contribution in [0.4, 0.5) is 17.1 Å². The Hall–Kier alpha value is -4.39. The molecule has 2 heterocycles. The van der Waals surface area contributed by atoms with E-state index >= 15 is 0 Å². The molecule has 3 amide bonds. The number of methoxy groups -OCH3 is 1. The summed E-state index contributed by atoms with van der Waals surface area (Å²) in [6.45, 7) is 2.04. The Kier molecular flexibility index (Phi) is 5.37. The molecule has 0 atom stereocenters. The van der Waals surface area contributed by atoms with Gasteiger partial charge in [0.25, 0.3) is 11.8 Å². The van der Waals surface area contributed by atoms with Crippen LogP contribution in [0.1, 0.15) is 18.1 Å². The van der Waals surface area contributed by atoms with E-state index < -0.39 is 5.91 Å². The second-order valence-electron chi connectivity index (χ2n) is 8.16. The number of fused-ring (bicyclic) bond motifs is 1. The molecule has 5 rings (SSSR count). The van der Waals surface area contributed by atoms with Crippen molar-refractivity contribution < 1.29 is 19.1 Å². The minimum atomic E-state index is -0.398. The second kappa shape index (κ2) is 8.51. The van der Waals surface area contributed by atoms with Gasteiger partial charge in [0.05, 0.1) is 18.4 Å². The van der Waals surface area contributed by atoms with Gasteiger partial charge in [0, 0.05) is 30.9 Å². The van der Waals surface area contributed by atoms with E-state index in [2.05, 4.69) is 5.32 Å². The van der Waals surface area contributed by atoms with E-state index in [0.717, 1.165) is 17.7 Å². The first kappa shape index (κ1) is 21.5. The summed E-state index contributed by atoms with van der Waals surface area (Å²) in [7, 11) is 1.54. The molecule has 170 valence electrons. The van der Waals surface area contributed by atoms with E-state index in [0.29, 0.717) is 40.5 Å². The third-order valence-corrected chi connectivity index (χ3v) is 6.02. The Morgan fingerprint density at radius 2 is 1.71 bits per heavy atom. The van der Waals surface area contributed by atoms with Gasteiger partial charge >= 0.3 is 0 Å². The van der Waals surface area contributed by atoms with Gasteiger partial charge < -0.3 is 15.0 Å². The SMILES string of the molecule is COc1cccc(N2C(=O)C(c3ccc(NC(C)=O)cc3)=C(N3CCc4ccccc43)C2=O)c1. The number of para-hydroxylation sites is 1. The maximum atomic E-state index is 13.8. The van der Waals surface area contributed by atoms with Crippen LogP contribution in [-0.2, 0) is 20.8 Å². The molecule has 2 aliphatic heterocycles. The van der Waals surface area contributed by atoms with Crippen LogP contribution in [0, 0.1) is 0 Å². The van der Waals surface area contributed by atoms with Crippen molar-refractivity contribution in [2.75, 3.05) is 28.8 Å². The zero-order valence-electron chi connectivity index (χ0n) is 18.9. The molecule has 0 saturated carbocycles. The number of nitrogens with one attached hydrogen (secondary N) is 1. The van der Waals surface area contributed by atoms with Gasteiger partial charge in [-0.2, -0.15) is 0 Å². The van der Waals surface area contributed by atoms with Crippen molar-refractivity contribution in [1.29, 1.82) is 0 Å². The average molecular weight is 453 g/mol. The smallest absolute Gasteiger partial charge is 0.282 e. The molecule has 1 N–H and O–H groups in total. The number of carbonyl (C=O) groups is 3. The quantitative estimate of drug-likeness (QED) is 0.591. The maximum absolute atomic E-state index is 13.8. The largest absolute Gasteiger partial charge is 0.497 e. The number of rotatable bonds is 5. The number of nitrogens with zero attached hydrogens (tertiary/aromatic N) is 2. The summed E-state index contributed by atoms with van der Waals surface area (Å²) in [4.78, 5) is 42.1. The van der Waals surface area contributed by atoms with Gasteiger partial charge in [-0.25, -0.2) is 4.90 Å². The van der Waals surface area contributed by atoms with Crippen LogP contribution < -0.4 is 19.9 Å². The van der Waals surface area contributed by atoms with E-state index in [-0.39, 0.29) is 11.8 Å². The van der Waals surface area contributed by atoms with E-state index in [4.69, 9.17) is 4.74 Å². The van der Waals surface area contributed by atoms with Gasteiger partial charge in [0.15, 0.2) is 0 Å². The predicted octanol–water partition coefficient (Wildman–Crippen LogP) is 4.00. The van der Waals surface area contributed by atoms with E-state index in [1.807, 2.05) is 29.2 Å². The van der Waals surface area contributed by atoms with Crippen LogP contribution in [0.25, 0.3) is 5.57 Å². The molecule has 0 unspecified atom stereocenters. The Labute approximate surface area is 197 Å². The number of benzene rings is 3. The Morgan fingerprint density at radius 3 is 2.44 bits per heavy atom. The zero-order chi connectivity index (χ0) is 23.8. The monoisotopic (exact) mass is 453 g/mol. The molecule has 7 nitrogen and oxygen atoms in total. The third-order valence-electron chi connectivity index (χ3n) is 6.02. The summed E-state index contributed by atoms with van der Waals surface area (Å²) >= 11 is 0. The lowest BCUT2D eigenvalue weighted by Crippen LogP contribution is -2.34. The molecule has 0 spiro atoms. The molecule has 0 radical (unpaired) electrons. The minimum absolute atomic E-state index is 0.183. The van der Waals surface area contributed by atoms with Crippen LogP contribution in [0.5, 0.6) is 5.75 Å². The van der Waals surface area contributed by atoms with Crippen molar-refractivity contribution in [2.24, 2.45) is 0 Å². The molecule has 2 aliphatic rings. The Balaban J connectivity index is 1.64. The number of hydrogen-bond acceptors (Lipinski definition) is 5. The highest BCUT2D eigenvalue weighted by atomic mass is 16.5. The highest BCUT2D eigenvalue weighted by Crippen LogP contribution is 2.40. The van der Waals surface area contributed by atoms with Crippen molar-refractivity contribution in [2.45, 2.75) is 13.3 Å². The molecule has 3 aromatic carbocycles. The number of hydrogen-bond donors (Lipinski definition) is 1. The Morgan fingerprint density at radius 1 is 0.941 bits per heavy atom. The van der Waals surface area contributed by atoms with Crippen LogP contribution in [-0.4, -0.2) is 31.4 Å². The summed E-state index contributed by atoms with van der Waals surface area (Å²) in [5.74, 6) is -0.405. The molecule has 0 aromatic heterocycles. The summed E-state index contributed by atoms with van der Waals surface area (Å²) in [5.41, 5.74) is 4.42. The van der Waals surface area contributed by atoms with Gasteiger partial charge in [-0.15, -0.1) is 0 Å². The number of ether oxygens (including phenoxy) is 1. The lowest BCUT2D eigenvalue weighted by Gasteiger charge is -2.22. The first-order valence-electron chi connectivity index (χ1n) is 11.0. The van der Waals surface area contributed by atoms with Crippen LogP contribution in [0.3, 0.4) is 0 Å². The summed E-state index contributed by atoms with van der Waals surface area (Å²) in [6.07, 6.45) is 0.787. The lowest BCUT2D eigenvalue weighted by atomic mass is 10.0. The molecule has 0 bridgehead atoms. The van der Waals surface area contributed by atoms with Crippen molar-refractivity contribution >= 4 is 40.4 Å². The molecular formula is C27H23N3O4. The summed E-state index contributed by atoms with van der Waals surface area (Å²) in [6, 6.07) is 21.8. The summed E-state index contributed by atoms with van der Waals surface area (Å²) in [5, 5.41) is 2.73. The number of anilines is 3. The van der Waals surface area contributed by atoms with E-state index in [1.165, 1.54) is 11.8 Å². The summed E-state index contributed by atoms with van der Waals surface area (Å²) < 4.78 is 5.31. The zero-order valence-corrected chi connectivity index (χ0v) is 18.9. The van der Waals surface area contributed by atoms with Crippen LogP contribution >= 0.6 is 0 Å². The van der Waals surface area contributed by atoms with Crippen LogP contribution in [0.15, 0.2) is 78.5 Å². The second-order valence-corrected chi connectivity index (χ2v) is 8.16. The fourth-order valence-corrected chi connectivity index (χ4v) is 4.51. The topological polar surface area (TPSA) is 79.0 Å². The fourth-order valence-electron chi connectivity index (χ4n) is 4.51. The molecule has 3 aromatic rings. The van der Waals surface area contributed by atoms with Crippen molar-refractivity contribution in [1.82, 2.24) is 0 Å². The molecule has 34 heavy (non-hydrogen) atoms. The fraction of sp³-hybridized carbons (Fsp3) is 0.148. The minimum Gasteiger partial charge on any atom is -0.497 e. The normalized spacial score (nSPS) is 15.1. The molecule has 0 saturated heterocycles. The van der Waals surface area contributed by atoms with Crippen molar-refractivity contribution in [3.05, 3.63) is 89.6 Å². The number of carbonyl (C=O) groups excluding carboxylic acids is 3. The highest BCUT2D eigenvalue weighted by Gasteiger charge is 2.44. The first-order valence-corrected chi connectivity index (χ1v) is 11.0. The lowest BCUT2D eigenvalue weighted by molar-refractivity contribution is -0.120. The van der Waals surface area contributed by atoms with E-state index in [1.54, 1.807) is 55.6 Å². The molecular weight excluding hydrogens is 430 g/mol. The maximum Gasteiger partial charge on any atom is 0.282 e. The average Bonchev–Trinajstić information content (AvgIpc) is 3.37.